The van der Waals surface area contributed by atoms with Crippen molar-refractivity contribution >= 4 is 5.97 Å². The van der Waals surface area contributed by atoms with Gasteiger partial charge in [-0.1, -0.05) is 98.8 Å². The van der Waals surface area contributed by atoms with E-state index in [0.717, 1.165) is 30.6 Å². The Hall–Kier alpha value is -0.650. The van der Waals surface area contributed by atoms with Crippen molar-refractivity contribution in [1.29, 1.82) is 0 Å². The predicted molar refractivity (Wildman–Crippen MR) is 128 cm³/mol. The van der Waals surface area contributed by atoms with Gasteiger partial charge in [-0.3, -0.25) is 4.79 Å². The molecule has 3 unspecified atom stereocenters. The molecular formula is C26H52O5. The van der Waals surface area contributed by atoms with Gasteiger partial charge in [0.15, 0.2) is 0 Å². The number of carbonyl (C=O) groups is 1. The lowest BCUT2D eigenvalue weighted by atomic mass is 9.90. The summed E-state index contributed by atoms with van der Waals surface area (Å²) in [4.78, 5) is 11.7. The Labute approximate surface area is 192 Å². The summed E-state index contributed by atoms with van der Waals surface area (Å²) < 4.78 is 4.95. The van der Waals surface area contributed by atoms with Crippen LogP contribution in [0, 0.1) is 23.7 Å². The quantitative estimate of drug-likeness (QED) is 0.216. The summed E-state index contributed by atoms with van der Waals surface area (Å²) in [6, 6.07) is 0. The lowest BCUT2D eigenvalue weighted by Gasteiger charge is -2.17. The minimum atomic E-state index is -1.27. The number of hydrogen-bond acceptors (Lipinski definition) is 5. The first-order valence-corrected chi connectivity index (χ1v) is 12.8. The lowest BCUT2D eigenvalue weighted by Crippen LogP contribution is -2.34. The largest absolute Gasteiger partial charge is 0.463 e. The van der Waals surface area contributed by atoms with Crippen LogP contribution in [0.1, 0.15) is 112 Å². The second-order valence-corrected chi connectivity index (χ2v) is 10.4. The molecule has 0 aromatic heterocycles. The standard InChI is InChI=1S/C26H52O5/c1-20(2)10-6-11-21(3)12-7-13-22(4)14-8-15-23(5)16-9-17-26(30)31-19-25(29)24(28)18-27/h20-25,27-29H,6-19H2,1-5H3/t21?,22?,23?,24-,25+/m1/s1. The number of aliphatic hydroxyl groups excluding tert-OH is 3. The molecule has 0 saturated carbocycles. The molecule has 3 N–H and O–H groups in total. The van der Waals surface area contributed by atoms with Gasteiger partial charge >= 0.3 is 5.97 Å². The maximum Gasteiger partial charge on any atom is 0.305 e. The van der Waals surface area contributed by atoms with E-state index in [1.165, 1.54) is 57.8 Å². The average Bonchev–Trinajstić information content (AvgIpc) is 2.71. The summed E-state index contributed by atoms with van der Waals surface area (Å²) >= 11 is 0. The SMILES string of the molecule is CC(C)CCCC(C)CCCC(C)CCCC(C)CCCC(=O)OC[C@H](O)[C@H](O)CO. The number of esters is 1. The fraction of sp³-hybridized carbons (Fsp3) is 0.962. The molecule has 5 heteroatoms. The van der Waals surface area contributed by atoms with Crippen molar-refractivity contribution < 1.29 is 24.9 Å². The normalized spacial score (nSPS) is 16.7. The molecule has 0 aromatic carbocycles. The van der Waals surface area contributed by atoms with Crippen molar-refractivity contribution in [2.45, 2.75) is 124 Å². The van der Waals surface area contributed by atoms with Gasteiger partial charge in [0.05, 0.1) is 6.61 Å². The molecule has 0 saturated heterocycles. The molecule has 0 aliphatic carbocycles. The lowest BCUT2D eigenvalue weighted by molar-refractivity contribution is -0.149. The van der Waals surface area contributed by atoms with E-state index in [1.54, 1.807) is 0 Å². The van der Waals surface area contributed by atoms with Crippen LogP contribution in [0.3, 0.4) is 0 Å². The summed E-state index contributed by atoms with van der Waals surface area (Å²) in [5.41, 5.74) is 0. The van der Waals surface area contributed by atoms with Gasteiger partial charge in [-0.25, -0.2) is 0 Å². The summed E-state index contributed by atoms with van der Waals surface area (Å²) in [5, 5.41) is 27.4. The minimum absolute atomic E-state index is 0.273. The zero-order chi connectivity index (χ0) is 23.6. The molecule has 0 aliphatic heterocycles. The van der Waals surface area contributed by atoms with Crippen LogP contribution in [0.15, 0.2) is 0 Å². The first-order valence-electron chi connectivity index (χ1n) is 12.8. The smallest absolute Gasteiger partial charge is 0.305 e. The molecule has 186 valence electrons. The fourth-order valence-corrected chi connectivity index (χ4v) is 4.02. The Morgan fingerprint density at radius 3 is 1.52 bits per heavy atom. The number of hydrogen-bond donors (Lipinski definition) is 3. The molecule has 31 heavy (non-hydrogen) atoms. The second kappa shape index (κ2) is 18.9. The van der Waals surface area contributed by atoms with E-state index in [9.17, 15) is 15.0 Å². The van der Waals surface area contributed by atoms with E-state index < -0.39 is 18.8 Å². The third kappa shape index (κ3) is 18.6. The number of carbonyl (C=O) groups excluding carboxylic acids is 1. The monoisotopic (exact) mass is 444 g/mol. The Morgan fingerprint density at radius 2 is 1.10 bits per heavy atom. The maximum atomic E-state index is 11.7. The van der Waals surface area contributed by atoms with Crippen LogP contribution >= 0.6 is 0 Å². The third-order valence-corrected chi connectivity index (χ3v) is 6.39. The average molecular weight is 445 g/mol. The van der Waals surface area contributed by atoms with Gasteiger partial charge in [0.25, 0.3) is 0 Å². The van der Waals surface area contributed by atoms with Crippen LogP contribution in [-0.2, 0) is 9.53 Å². The third-order valence-electron chi connectivity index (χ3n) is 6.39. The minimum Gasteiger partial charge on any atom is -0.463 e. The first-order chi connectivity index (χ1) is 14.6. The summed E-state index contributed by atoms with van der Waals surface area (Å²) in [7, 11) is 0. The maximum absolute atomic E-state index is 11.7. The number of ether oxygens (including phenoxy) is 1. The van der Waals surface area contributed by atoms with Crippen LogP contribution in [-0.4, -0.2) is 46.7 Å². The van der Waals surface area contributed by atoms with Crippen LogP contribution in [0.4, 0.5) is 0 Å². The van der Waals surface area contributed by atoms with Crippen molar-refractivity contribution in [2.75, 3.05) is 13.2 Å². The highest BCUT2D eigenvalue weighted by molar-refractivity contribution is 5.69. The van der Waals surface area contributed by atoms with E-state index in [2.05, 4.69) is 34.6 Å². The van der Waals surface area contributed by atoms with E-state index in [-0.39, 0.29) is 12.6 Å². The molecule has 0 radical (unpaired) electrons. The van der Waals surface area contributed by atoms with Crippen molar-refractivity contribution in [3.63, 3.8) is 0 Å². The van der Waals surface area contributed by atoms with E-state index in [4.69, 9.17) is 9.84 Å². The zero-order valence-corrected chi connectivity index (χ0v) is 21.0. The van der Waals surface area contributed by atoms with Crippen molar-refractivity contribution in [1.82, 2.24) is 0 Å². The molecule has 0 bridgehead atoms. The Balaban J connectivity index is 3.67. The molecule has 0 heterocycles. The molecule has 0 aliphatic rings. The highest BCUT2D eigenvalue weighted by Crippen LogP contribution is 2.23. The molecule has 0 rings (SSSR count). The van der Waals surface area contributed by atoms with Gasteiger partial charge in [0.2, 0.25) is 0 Å². The van der Waals surface area contributed by atoms with Gasteiger partial charge in [0, 0.05) is 6.42 Å². The van der Waals surface area contributed by atoms with Crippen LogP contribution in [0.5, 0.6) is 0 Å². The number of rotatable bonds is 20. The highest BCUT2D eigenvalue weighted by atomic mass is 16.5. The van der Waals surface area contributed by atoms with Crippen molar-refractivity contribution in [3.8, 4) is 0 Å². The summed E-state index contributed by atoms with van der Waals surface area (Å²) in [5.74, 6) is 2.73. The van der Waals surface area contributed by atoms with Crippen LogP contribution in [0.2, 0.25) is 0 Å². The highest BCUT2D eigenvalue weighted by Gasteiger charge is 2.17. The van der Waals surface area contributed by atoms with Crippen LogP contribution < -0.4 is 0 Å². The Morgan fingerprint density at radius 1 is 0.677 bits per heavy atom. The number of aliphatic hydroxyl groups is 3. The Bertz CT molecular complexity index is 426. The first kappa shape index (κ1) is 30.4. The van der Waals surface area contributed by atoms with Gasteiger partial charge in [-0.15, -0.1) is 0 Å². The molecule has 5 nitrogen and oxygen atoms in total. The van der Waals surface area contributed by atoms with Gasteiger partial charge < -0.3 is 20.1 Å². The summed E-state index contributed by atoms with van der Waals surface area (Å²) in [6.45, 7) is 10.8. The molecular weight excluding hydrogens is 392 g/mol. The molecule has 0 fully saturated rings. The predicted octanol–water partition coefficient (Wildman–Crippen LogP) is 5.49. The van der Waals surface area contributed by atoms with Gasteiger partial charge in [-0.05, 0) is 30.1 Å². The molecule has 0 amide bonds. The topological polar surface area (TPSA) is 87.0 Å². The molecule has 0 spiro atoms. The Kier molecular flexibility index (Phi) is 18.5. The van der Waals surface area contributed by atoms with E-state index in [0.29, 0.717) is 12.3 Å². The van der Waals surface area contributed by atoms with Crippen LogP contribution in [0.25, 0.3) is 0 Å². The molecule has 0 aromatic rings. The molecule has 5 atom stereocenters. The summed E-state index contributed by atoms with van der Waals surface area (Å²) in [6.07, 6.45) is 11.5. The van der Waals surface area contributed by atoms with E-state index in [1.807, 2.05) is 0 Å². The van der Waals surface area contributed by atoms with Crippen molar-refractivity contribution in [2.24, 2.45) is 23.7 Å². The van der Waals surface area contributed by atoms with E-state index >= 15 is 0 Å². The zero-order valence-electron chi connectivity index (χ0n) is 21.0. The fourth-order valence-electron chi connectivity index (χ4n) is 4.02. The van der Waals surface area contributed by atoms with Gasteiger partial charge in [0.1, 0.15) is 18.8 Å². The van der Waals surface area contributed by atoms with Gasteiger partial charge in [-0.2, -0.15) is 0 Å². The second-order valence-electron chi connectivity index (χ2n) is 10.4. The van der Waals surface area contributed by atoms with Crippen molar-refractivity contribution in [3.05, 3.63) is 0 Å².